The Balaban J connectivity index is 1.61. The van der Waals surface area contributed by atoms with Gasteiger partial charge in [-0.1, -0.05) is 0 Å². The SMILES string of the molecule is CC(C)n1nnnc1COc1ccc(C(=O)N2CCCC2)cc1. The molecule has 7 heteroatoms. The number of benzene rings is 1. The molecule has 1 saturated heterocycles. The van der Waals surface area contributed by atoms with E-state index < -0.39 is 0 Å². The normalized spacial score (nSPS) is 14.5. The number of aromatic nitrogens is 4. The van der Waals surface area contributed by atoms with Gasteiger partial charge in [0.15, 0.2) is 5.82 Å². The van der Waals surface area contributed by atoms with Crippen LogP contribution in [0.2, 0.25) is 0 Å². The van der Waals surface area contributed by atoms with Crippen LogP contribution in [-0.2, 0) is 6.61 Å². The van der Waals surface area contributed by atoms with Crippen LogP contribution < -0.4 is 4.74 Å². The maximum absolute atomic E-state index is 12.3. The zero-order valence-corrected chi connectivity index (χ0v) is 13.5. The topological polar surface area (TPSA) is 73.1 Å². The van der Waals surface area contributed by atoms with Gasteiger partial charge in [0.05, 0.1) is 6.04 Å². The van der Waals surface area contributed by atoms with Crippen LogP contribution in [-0.4, -0.2) is 44.1 Å². The number of ether oxygens (including phenoxy) is 1. The van der Waals surface area contributed by atoms with E-state index in [1.54, 1.807) is 16.8 Å². The van der Waals surface area contributed by atoms with Crippen LogP contribution in [0.3, 0.4) is 0 Å². The van der Waals surface area contributed by atoms with Gasteiger partial charge in [0.1, 0.15) is 12.4 Å². The summed E-state index contributed by atoms with van der Waals surface area (Å²) in [6, 6.07) is 7.42. The van der Waals surface area contributed by atoms with Gasteiger partial charge in [-0.15, -0.1) is 5.10 Å². The quantitative estimate of drug-likeness (QED) is 0.844. The van der Waals surface area contributed by atoms with E-state index in [1.165, 1.54) is 0 Å². The molecule has 7 nitrogen and oxygen atoms in total. The van der Waals surface area contributed by atoms with Gasteiger partial charge in [-0.3, -0.25) is 4.79 Å². The van der Waals surface area contributed by atoms with Crippen LogP contribution in [0.25, 0.3) is 0 Å². The Bertz CT molecular complexity index is 659. The molecule has 1 aromatic heterocycles. The molecule has 2 aromatic rings. The molecule has 1 aliphatic heterocycles. The summed E-state index contributed by atoms with van der Waals surface area (Å²) < 4.78 is 7.44. The highest BCUT2D eigenvalue weighted by Crippen LogP contribution is 2.17. The van der Waals surface area contributed by atoms with Crippen molar-refractivity contribution in [2.75, 3.05) is 13.1 Å². The highest BCUT2D eigenvalue weighted by Gasteiger charge is 2.19. The molecule has 0 bridgehead atoms. The zero-order valence-electron chi connectivity index (χ0n) is 13.5. The van der Waals surface area contributed by atoms with Crippen molar-refractivity contribution in [2.24, 2.45) is 0 Å². The molecule has 0 spiro atoms. The minimum absolute atomic E-state index is 0.0952. The van der Waals surface area contributed by atoms with Crippen LogP contribution in [0.5, 0.6) is 5.75 Å². The number of tetrazole rings is 1. The van der Waals surface area contributed by atoms with E-state index in [9.17, 15) is 4.79 Å². The summed E-state index contributed by atoms with van der Waals surface area (Å²) in [4.78, 5) is 14.2. The average molecular weight is 315 g/mol. The molecule has 3 rings (SSSR count). The number of amides is 1. The second-order valence-electron chi connectivity index (χ2n) is 5.95. The Morgan fingerprint density at radius 3 is 2.57 bits per heavy atom. The number of hydrogen-bond donors (Lipinski definition) is 0. The Hall–Kier alpha value is -2.44. The molecule has 1 amide bonds. The van der Waals surface area contributed by atoms with Crippen molar-refractivity contribution in [3.8, 4) is 5.75 Å². The predicted molar refractivity (Wildman–Crippen MR) is 84.1 cm³/mol. The van der Waals surface area contributed by atoms with Crippen LogP contribution >= 0.6 is 0 Å². The van der Waals surface area contributed by atoms with E-state index in [-0.39, 0.29) is 11.9 Å². The van der Waals surface area contributed by atoms with Crippen molar-refractivity contribution in [1.82, 2.24) is 25.1 Å². The van der Waals surface area contributed by atoms with Gasteiger partial charge in [-0.2, -0.15) is 0 Å². The van der Waals surface area contributed by atoms with E-state index in [2.05, 4.69) is 15.5 Å². The van der Waals surface area contributed by atoms with E-state index in [4.69, 9.17) is 4.74 Å². The third-order valence-corrected chi connectivity index (χ3v) is 3.91. The Labute approximate surface area is 135 Å². The molecule has 1 fully saturated rings. The molecule has 1 aromatic carbocycles. The highest BCUT2D eigenvalue weighted by atomic mass is 16.5. The zero-order chi connectivity index (χ0) is 16.2. The van der Waals surface area contributed by atoms with E-state index in [0.717, 1.165) is 25.9 Å². The van der Waals surface area contributed by atoms with Crippen molar-refractivity contribution in [2.45, 2.75) is 39.3 Å². The third-order valence-electron chi connectivity index (χ3n) is 3.91. The van der Waals surface area contributed by atoms with E-state index in [1.807, 2.05) is 30.9 Å². The fraction of sp³-hybridized carbons (Fsp3) is 0.500. The lowest BCUT2D eigenvalue weighted by atomic mass is 10.2. The highest BCUT2D eigenvalue weighted by molar-refractivity contribution is 5.94. The van der Waals surface area contributed by atoms with Gasteiger partial charge in [0, 0.05) is 18.7 Å². The van der Waals surface area contributed by atoms with Gasteiger partial charge in [-0.05, 0) is 61.4 Å². The van der Waals surface area contributed by atoms with Crippen molar-refractivity contribution in [3.63, 3.8) is 0 Å². The summed E-state index contributed by atoms with van der Waals surface area (Å²) in [6.45, 7) is 6.03. The number of carbonyl (C=O) groups is 1. The monoisotopic (exact) mass is 315 g/mol. The average Bonchev–Trinajstić information content (AvgIpc) is 3.24. The summed E-state index contributed by atoms with van der Waals surface area (Å²) in [5.74, 6) is 1.47. The van der Waals surface area contributed by atoms with E-state index in [0.29, 0.717) is 23.7 Å². The van der Waals surface area contributed by atoms with Crippen LogP contribution in [0, 0.1) is 0 Å². The fourth-order valence-electron chi connectivity index (χ4n) is 2.65. The van der Waals surface area contributed by atoms with Crippen molar-refractivity contribution >= 4 is 5.91 Å². The molecule has 23 heavy (non-hydrogen) atoms. The minimum Gasteiger partial charge on any atom is -0.486 e. The van der Waals surface area contributed by atoms with Crippen LogP contribution in [0.15, 0.2) is 24.3 Å². The molecule has 1 aliphatic rings. The molecule has 0 N–H and O–H groups in total. The smallest absolute Gasteiger partial charge is 0.253 e. The molecule has 0 atom stereocenters. The lowest BCUT2D eigenvalue weighted by Crippen LogP contribution is -2.27. The van der Waals surface area contributed by atoms with Gasteiger partial charge in [-0.25, -0.2) is 4.68 Å². The summed E-state index contributed by atoms with van der Waals surface area (Å²) in [6.07, 6.45) is 2.19. The first-order valence-electron chi connectivity index (χ1n) is 7.94. The second-order valence-corrected chi connectivity index (χ2v) is 5.95. The largest absolute Gasteiger partial charge is 0.486 e. The van der Waals surface area contributed by atoms with Crippen LogP contribution in [0.1, 0.15) is 48.9 Å². The molecule has 0 saturated carbocycles. The third kappa shape index (κ3) is 3.49. The molecule has 2 heterocycles. The predicted octanol–water partition coefficient (Wildman–Crippen LogP) is 2.07. The van der Waals surface area contributed by atoms with Crippen molar-refractivity contribution in [1.29, 1.82) is 0 Å². The summed E-state index contributed by atoms with van der Waals surface area (Å²) in [5.41, 5.74) is 0.700. The molecule has 0 radical (unpaired) electrons. The molecular weight excluding hydrogens is 294 g/mol. The maximum atomic E-state index is 12.3. The standard InChI is InChI=1S/C16H21N5O2/c1-12(2)21-15(17-18-19-21)11-23-14-7-5-13(6-8-14)16(22)20-9-3-4-10-20/h5-8,12H,3-4,9-11H2,1-2H3. The number of rotatable bonds is 5. The summed E-state index contributed by atoms with van der Waals surface area (Å²) in [5, 5.41) is 11.6. The van der Waals surface area contributed by atoms with E-state index >= 15 is 0 Å². The van der Waals surface area contributed by atoms with Gasteiger partial charge < -0.3 is 9.64 Å². The molecule has 0 unspecified atom stereocenters. The minimum atomic E-state index is 0.0952. The number of hydrogen-bond acceptors (Lipinski definition) is 5. The van der Waals surface area contributed by atoms with Gasteiger partial charge in [0.2, 0.25) is 0 Å². The maximum Gasteiger partial charge on any atom is 0.253 e. The first kappa shape index (κ1) is 15.5. The molecule has 0 aliphatic carbocycles. The van der Waals surface area contributed by atoms with Crippen LogP contribution in [0.4, 0.5) is 0 Å². The van der Waals surface area contributed by atoms with Gasteiger partial charge >= 0.3 is 0 Å². The first-order chi connectivity index (χ1) is 11.1. The molecular formula is C16H21N5O2. The lowest BCUT2D eigenvalue weighted by Gasteiger charge is -2.15. The molecule has 122 valence electrons. The van der Waals surface area contributed by atoms with Gasteiger partial charge in [0.25, 0.3) is 5.91 Å². The number of likely N-dealkylation sites (tertiary alicyclic amines) is 1. The lowest BCUT2D eigenvalue weighted by molar-refractivity contribution is 0.0793. The Morgan fingerprint density at radius 1 is 1.22 bits per heavy atom. The fourth-order valence-corrected chi connectivity index (χ4v) is 2.65. The Kier molecular flexibility index (Phi) is 4.55. The van der Waals surface area contributed by atoms with Crippen molar-refractivity contribution < 1.29 is 9.53 Å². The van der Waals surface area contributed by atoms with Crippen molar-refractivity contribution in [3.05, 3.63) is 35.7 Å². The number of nitrogens with zero attached hydrogens (tertiary/aromatic N) is 5. The summed E-state index contributed by atoms with van der Waals surface area (Å²) in [7, 11) is 0. The first-order valence-corrected chi connectivity index (χ1v) is 7.94. The Morgan fingerprint density at radius 2 is 1.91 bits per heavy atom. The number of carbonyl (C=O) groups excluding carboxylic acids is 1. The summed E-state index contributed by atoms with van der Waals surface area (Å²) >= 11 is 0. The second kappa shape index (κ2) is 6.76.